The van der Waals surface area contributed by atoms with Crippen LogP contribution in [0.3, 0.4) is 0 Å². The Morgan fingerprint density at radius 3 is 2.36 bits per heavy atom. The fourth-order valence-electron chi connectivity index (χ4n) is 3.29. The number of amides is 1. The van der Waals surface area contributed by atoms with Crippen LogP contribution in [-0.2, 0) is 14.8 Å². The van der Waals surface area contributed by atoms with Crippen LogP contribution in [0, 0.1) is 6.92 Å². The van der Waals surface area contributed by atoms with Gasteiger partial charge >= 0.3 is 0 Å². The predicted molar refractivity (Wildman–Crippen MR) is 114 cm³/mol. The monoisotopic (exact) mass is 421 g/mol. The molecule has 1 heterocycles. The van der Waals surface area contributed by atoms with Gasteiger partial charge in [0.05, 0.1) is 11.9 Å². The number of rotatable bonds is 5. The summed E-state index contributed by atoms with van der Waals surface area (Å²) in [6, 6.07) is 14.8. The molecular weight excluding hydrogens is 398 g/mol. The van der Waals surface area contributed by atoms with Gasteiger partial charge in [-0.1, -0.05) is 29.8 Å². The zero-order valence-corrected chi connectivity index (χ0v) is 17.6. The van der Waals surface area contributed by atoms with Crippen LogP contribution in [0.2, 0.25) is 5.02 Å². The van der Waals surface area contributed by atoms with Crippen molar-refractivity contribution in [3.05, 3.63) is 59.1 Å². The van der Waals surface area contributed by atoms with Crippen LogP contribution < -0.4 is 9.21 Å². The molecule has 0 N–H and O–H groups in total. The molecule has 0 spiro atoms. The summed E-state index contributed by atoms with van der Waals surface area (Å²) in [4.78, 5) is 16.7. The number of piperazine rings is 1. The lowest BCUT2D eigenvalue weighted by Crippen LogP contribution is -2.52. The van der Waals surface area contributed by atoms with Gasteiger partial charge in [-0.3, -0.25) is 9.10 Å². The highest BCUT2D eigenvalue weighted by atomic mass is 35.5. The highest BCUT2D eigenvalue weighted by Gasteiger charge is 2.26. The fraction of sp³-hybridized carbons (Fsp3) is 0.350. The molecule has 1 aliphatic rings. The van der Waals surface area contributed by atoms with E-state index in [2.05, 4.69) is 4.90 Å². The first-order valence-electron chi connectivity index (χ1n) is 9.07. The lowest BCUT2D eigenvalue weighted by molar-refractivity contribution is -0.129. The summed E-state index contributed by atoms with van der Waals surface area (Å²) in [7, 11) is -3.57. The Kier molecular flexibility index (Phi) is 6.15. The number of halogens is 1. The second-order valence-electron chi connectivity index (χ2n) is 6.96. The smallest absolute Gasteiger partial charge is 0.243 e. The van der Waals surface area contributed by atoms with Gasteiger partial charge in [0.15, 0.2) is 0 Å². The van der Waals surface area contributed by atoms with E-state index < -0.39 is 10.0 Å². The average molecular weight is 422 g/mol. The van der Waals surface area contributed by atoms with Gasteiger partial charge in [-0.25, -0.2) is 8.42 Å². The Hall–Kier alpha value is -2.25. The van der Waals surface area contributed by atoms with E-state index in [1.165, 1.54) is 4.31 Å². The summed E-state index contributed by atoms with van der Waals surface area (Å²) < 4.78 is 25.7. The quantitative estimate of drug-likeness (QED) is 0.744. The molecular formula is C20H24ClN3O3S. The summed E-state index contributed by atoms with van der Waals surface area (Å²) in [5.74, 6) is -0.197. The largest absolute Gasteiger partial charge is 0.368 e. The molecule has 2 aromatic rings. The Morgan fingerprint density at radius 2 is 1.75 bits per heavy atom. The zero-order valence-electron chi connectivity index (χ0n) is 16.0. The maximum absolute atomic E-state index is 12.8. The summed E-state index contributed by atoms with van der Waals surface area (Å²) >= 11 is 6.06. The summed E-state index contributed by atoms with van der Waals surface area (Å²) in [6.45, 7) is 4.12. The summed E-state index contributed by atoms with van der Waals surface area (Å²) in [5, 5.41) is 0.679. The van der Waals surface area contributed by atoms with E-state index in [9.17, 15) is 13.2 Å². The minimum Gasteiger partial charge on any atom is -0.368 e. The van der Waals surface area contributed by atoms with Gasteiger partial charge in [-0.15, -0.1) is 0 Å². The van der Waals surface area contributed by atoms with Crippen molar-refractivity contribution in [1.29, 1.82) is 0 Å². The maximum atomic E-state index is 12.8. The lowest BCUT2D eigenvalue weighted by Gasteiger charge is -2.37. The van der Waals surface area contributed by atoms with E-state index in [1.807, 2.05) is 37.3 Å². The molecule has 0 aromatic heterocycles. The number of nitrogens with zero attached hydrogens (tertiary/aromatic N) is 3. The summed E-state index contributed by atoms with van der Waals surface area (Å²) in [6.07, 6.45) is 1.12. The standard InChI is InChI=1S/C20H24ClN3O3S/c1-16-5-3-8-19(13-16)24(28(2,26)27)15-20(25)23-11-9-22(10-12-23)18-7-4-6-17(21)14-18/h3-8,13-14H,9-12,15H2,1-2H3. The molecule has 0 unspecified atom stereocenters. The van der Waals surface area contributed by atoms with E-state index in [4.69, 9.17) is 11.6 Å². The Morgan fingerprint density at radius 1 is 1.07 bits per heavy atom. The van der Waals surface area contributed by atoms with Crippen LogP contribution in [0.5, 0.6) is 0 Å². The molecule has 1 fully saturated rings. The molecule has 6 nitrogen and oxygen atoms in total. The highest BCUT2D eigenvalue weighted by Crippen LogP contribution is 2.22. The molecule has 8 heteroatoms. The molecule has 1 aliphatic heterocycles. The van der Waals surface area contributed by atoms with E-state index in [-0.39, 0.29) is 12.5 Å². The fourth-order valence-corrected chi connectivity index (χ4v) is 4.32. The molecule has 150 valence electrons. The first-order valence-corrected chi connectivity index (χ1v) is 11.3. The third-order valence-electron chi connectivity index (χ3n) is 4.77. The van der Waals surface area contributed by atoms with Crippen LogP contribution in [0.15, 0.2) is 48.5 Å². The maximum Gasteiger partial charge on any atom is 0.243 e. The molecule has 0 saturated carbocycles. The lowest BCUT2D eigenvalue weighted by atomic mass is 10.2. The molecule has 28 heavy (non-hydrogen) atoms. The van der Waals surface area contributed by atoms with E-state index in [0.717, 1.165) is 17.5 Å². The van der Waals surface area contributed by atoms with Crippen molar-refractivity contribution in [2.75, 3.05) is 48.2 Å². The highest BCUT2D eigenvalue weighted by molar-refractivity contribution is 7.92. The minimum atomic E-state index is -3.57. The number of hydrogen-bond acceptors (Lipinski definition) is 4. The topological polar surface area (TPSA) is 60.9 Å². The molecule has 3 rings (SSSR count). The Bertz CT molecular complexity index is 957. The van der Waals surface area contributed by atoms with Crippen LogP contribution in [-0.4, -0.2) is 58.2 Å². The van der Waals surface area contributed by atoms with Crippen molar-refractivity contribution in [2.24, 2.45) is 0 Å². The second kappa shape index (κ2) is 8.41. The van der Waals surface area contributed by atoms with Gasteiger partial charge in [-0.2, -0.15) is 0 Å². The van der Waals surface area contributed by atoms with Crippen LogP contribution in [0.1, 0.15) is 5.56 Å². The SMILES string of the molecule is Cc1cccc(N(CC(=O)N2CCN(c3cccc(Cl)c3)CC2)S(C)(=O)=O)c1. The van der Waals surface area contributed by atoms with Gasteiger partial charge in [-0.05, 0) is 42.8 Å². The number of carbonyl (C=O) groups excluding carboxylic acids is 1. The van der Waals surface area contributed by atoms with Crippen molar-refractivity contribution in [2.45, 2.75) is 6.92 Å². The third-order valence-corrected chi connectivity index (χ3v) is 6.15. The van der Waals surface area contributed by atoms with E-state index in [1.54, 1.807) is 23.1 Å². The van der Waals surface area contributed by atoms with Crippen molar-refractivity contribution in [3.63, 3.8) is 0 Å². The molecule has 0 aliphatic carbocycles. The third kappa shape index (κ3) is 4.97. The number of hydrogen-bond donors (Lipinski definition) is 0. The minimum absolute atomic E-state index is 0.195. The van der Waals surface area contributed by atoms with Gasteiger partial charge < -0.3 is 9.80 Å². The number of anilines is 2. The van der Waals surface area contributed by atoms with Gasteiger partial charge in [0.25, 0.3) is 0 Å². The van der Waals surface area contributed by atoms with E-state index in [0.29, 0.717) is 36.9 Å². The van der Waals surface area contributed by atoms with Crippen LogP contribution in [0.4, 0.5) is 11.4 Å². The molecule has 1 amide bonds. The molecule has 0 bridgehead atoms. The summed E-state index contributed by atoms with van der Waals surface area (Å²) in [5.41, 5.74) is 2.47. The van der Waals surface area contributed by atoms with E-state index >= 15 is 0 Å². The van der Waals surface area contributed by atoms with Gasteiger partial charge in [0, 0.05) is 36.9 Å². The van der Waals surface area contributed by atoms with Crippen molar-refractivity contribution < 1.29 is 13.2 Å². The molecule has 0 atom stereocenters. The number of aryl methyl sites for hydroxylation is 1. The Labute approximate surface area is 171 Å². The predicted octanol–water partition coefficient (Wildman–Crippen LogP) is 2.76. The van der Waals surface area contributed by atoms with Gasteiger partial charge in [0.2, 0.25) is 15.9 Å². The van der Waals surface area contributed by atoms with Crippen LogP contribution >= 0.6 is 11.6 Å². The number of carbonyl (C=O) groups is 1. The average Bonchev–Trinajstić information content (AvgIpc) is 2.65. The second-order valence-corrected chi connectivity index (χ2v) is 9.30. The number of benzene rings is 2. The number of sulfonamides is 1. The van der Waals surface area contributed by atoms with Gasteiger partial charge in [0.1, 0.15) is 6.54 Å². The van der Waals surface area contributed by atoms with Crippen molar-refractivity contribution in [1.82, 2.24) is 4.90 Å². The van der Waals surface area contributed by atoms with Crippen LogP contribution in [0.25, 0.3) is 0 Å². The molecule has 1 saturated heterocycles. The molecule has 2 aromatic carbocycles. The normalized spacial score (nSPS) is 14.8. The van der Waals surface area contributed by atoms with Crippen molar-refractivity contribution in [3.8, 4) is 0 Å². The van der Waals surface area contributed by atoms with Crippen molar-refractivity contribution >= 4 is 38.9 Å². The zero-order chi connectivity index (χ0) is 20.3. The first kappa shape index (κ1) is 20.5. The Balaban J connectivity index is 1.67. The molecule has 0 radical (unpaired) electrons. The first-order chi connectivity index (χ1) is 13.2.